The topological polar surface area (TPSA) is 81.9 Å². The molecule has 2 aromatic heterocycles. The molecule has 2 rings (SSSR count). The van der Waals surface area contributed by atoms with Gasteiger partial charge in [0.05, 0.1) is 13.2 Å². The SMILES string of the molecule is CCOC(=O)c1csc(NCc2nncn2C)n1. The largest absolute Gasteiger partial charge is 0.461 e. The molecule has 0 amide bonds. The van der Waals surface area contributed by atoms with Crippen molar-refractivity contribution in [1.29, 1.82) is 0 Å². The number of aryl methyl sites for hydroxylation is 1. The molecule has 0 saturated carbocycles. The number of aromatic nitrogens is 4. The van der Waals surface area contributed by atoms with Crippen molar-refractivity contribution in [1.82, 2.24) is 19.7 Å². The van der Waals surface area contributed by atoms with Crippen LogP contribution in [0, 0.1) is 0 Å². The Morgan fingerprint density at radius 1 is 1.61 bits per heavy atom. The fourth-order valence-electron chi connectivity index (χ4n) is 1.28. The van der Waals surface area contributed by atoms with Gasteiger partial charge in [-0.15, -0.1) is 21.5 Å². The first-order valence-electron chi connectivity index (χ1n) is 5.40. The first-order chi connectivity index (χ1) is 8.70. The summed E-state index contributed by atoms with van der Waals surface area (Å²) in [6.45, 7) is 2.61. The Hall–Kier alpha value is -1.96. The van der Waals surface area contributed by atoms with Crippen LogP contribution in [0.4, 0.5) is 5.13 Å². The zero-order chi connectivity index (χ0) is 13.0. The average molecular weight is 267 g/mol. The molecule has 0 atom stereocenters. The molecule has 7 nitrogen and oxygen atoms in total. The van der Waals surface area contributed by atoms with E-state index in [4.69, 9.17) is 4.74 Å². The second kappa shape index (κ2) is 5.58. The zero-order valence-corrected chi connectivity index (χ0v) is 10.9. The molecule has 18 heavy (non-hydrogen) atoms. The number of esters is 1. The number of anilines is 1. The molecule has 0 bridgehead atoms. The van der Waals surface area contributed by atoms with E-state index in [0.717, 1.165) is 5.82 Å². The number of carbonyl (C=O) groups is 1. The summed E-state index contributed by atoms with van der Waals surface area (Å²) in [6, 6.07) is 0. The van der Waals surface area contributed by atoms with Gasteiger partial charge in [-0.25, -0.2) is 9.78 Å². The van der Waals surface area contributed by atoms with Gasteiger partial charge in [-0.3, -0.25) is 0 Å². The van der Waals surface area contributed by atoms with E-state index in [1.54, 1.807) is 18.6 Å². The highest BCUT2D eigenvalue weighted by molar-refractivity contribution is 7.13. The number of hydrogen-bond donors (Lipinski definition) is 1. The van der Waals surface area contributed by atoms with Gasteiger partial charge in [0.25, 0.3) is 0 Å². The molecule has 0 aliphatic carbocycles. The van der Waals surface area contributed by atoms with Gasteiger partial charge >= 0.3 is 5.97 Å². The van der Waals surface area contributed by atoms with Crippen LogP contribution in [0.25, 0.3) is 0 Å². The van der Waals surface area contributed by atoms with E-state index < -0.39 is 5.97 Å². The monoisotopic (exact) mass is 267 g/mol. The number of nitrogens with one attached hydrogen (secondary N) is 1. The van der Waals surface area contributed by atoms with E-state index in [1.807, 2.05) is 11.6 Å². The van der Waals surface area contributed by atoms with Crippen LogP contribution >= 0.6 is 11.3 Å². The molecule has 0 radical (unpaired) electrons. The van der Waals surface area contributed by atoms with Crippen molar-refractivity contribution in [2.75, 3.05) is 11.9 Å². The summed E-state index contributed by atoms with van der Waals surface area (Å²) in [5, 5.41) is 13.1. The maximum absolute atomic E-state index is 11.4. The van der Waals surface area contributed by atoms with Crippen LogP contribution in [-0.2, 0) is 18.3 Å². The molecule has 0 spiro atoms. The van der Waals surface area contributed by atoms with E-state index in [1.165, 1.54) is 11.3 Å². The minimum absolute atomic E-state index is 0.322. The van der Waals surface area contributed by atoms with Gasteiger partial charge in [-0.2, -0.15) is 0 Å². The highest BCUT2D eigenvalue weighted by Crippen LogP contribution is 2.16. The zero-order valence-electron chi connectivity index (χ0n) is 10.1. The third-order valence-electron chi connectivity index (χ3n) is 2.19. The summed E-state index contributed by atoms with van der Waals surface area (Å²) in [6.07, 6.45) is 1.63. The lowest BCUT2D eigenvalue weighted by molar-refractivity contribution is 0.0520. The minimum Gasteiger partial charge on any atom is -0.461 e. The van der Waals surface area contributed by atoms with Crippen LogP contribution in [0.2, 0.25) is 0 Å². The highest BCUT2D eigenvalue weighted by atomic mass is 32.1. The van der Waals surface area contributed by atoms with Gasteiger partial charge in [0.2, 0.25) is 0 Å². The first-order valence-corrected chi connectivity index (χ1v) is 6.28. The van der Waals surface area contributed by atoms with Gasteiger partial charge in [0.1, 0.15) is 6.33 Å². The van der Waals surface area contributed by atoms with E-state index in [2.05, 4.69) is 20.5 Å². The Kier molecular flexibility index (Phi) is 3.88. The molecule has 0 saturated heterocycles. The van der Waals surface area contributed by atoms with Crippen LogP contribution in [0.3, 0.4) is 0 Å². The van der Waals surface area contributed by atoms with Crippen molar-refractivity contribution in [3.8, 4) is 0 Å². The van der Waals surface area contributed by atoms with Gasteiger partial charge in [0.15, 0.2) is 16.6 Å². The van der Waals surface area contributed by atoms with E-state index in [0.29, 0.717) is 24.0 Å². The minimum atomic E-state index is -0.402. The molecule has 0 fully saturated rings. The molecule has 0 aliphatic heterocycles. The van der Waals surface area contributed by atoms with Crippen LogP contribution in [0.15, 0.2) is 11.7 Å². The van der Waals surface area contributed by atoms with Crippen molar-refractivity contribution in [3.63, 3.8) is 0 Å². The Morgan fingerprint density at radius 2 is 2.44 bits per heavy atom. The fraction of sp³-hybridized carbons (Fsp3) is 0.400. The van der Waals surface area contributed by atoms with E-state index in [9.17, 15) is 4.79 Å². The fourth-order valence-corrected chi connectivity index (χ4v) is 1.95. The quantitative estimate of drug-likeness (QED) is 0.816. The number of nitrogens with zero attached hydrogens (tertiary/aromatic N) is 4. The van der Waals surface area contributed by atoms with Gasteiger partial charge in [0, 0.05) is 12.4 Å². The van der Waals surface area contributed by atoms with Gasteiger partial charge in [-0.05, 0) is 6.92 Å². The van der Waals surface area contributed by atoms with Crippen molar-refractivity contribution in [3.05, 3.63) is 23.2 Å². The number of rotatable bonds is 5. The number of ether oxygens (including phenoxy) is 1. The third kappa shape index (κ3) is 2.83. The standard InChI is InChI=1S/C10H13N5O2S/c1-3-17-9(16)7-5-18-10(13-7)11-4-8-14-12-6-15(8)2/h5-6H,3-4H2,1-2H3,(H,11,13). The van der Waals surface area contributed by atoms with Crippen molar-refractivity contribution >= 4 is 22.4 Å². The second-order valence-corrected chi connectivity index (χ2v) is 4.33. The van der Waals surface area contributed by atoms with E-state index in [-0.39, 0.29) is 0 Å². The Balaban J connectivity index is 1.95. The Morgan fingerprint density at radius 3 is 3.11 bits per heavy atom. The number of hydrogen-bond acceptors (Lipinski definition) is 7. The summed E-state index contributed by atoms with van der Waals surface area (Å²) in [5.41, 5.74) is 0.322. The van der Waals surface area contributed by atoms with Crippen molar-refractivity contribution in [2.45, 2.75) is 13.5 Å². The molecular weight excluding hydrogens is 254 g/mol. The lowest BCUT2D eigenvalue weighted by Gasteiger charge is -2.01. The van der Waals surface area contributed by atoms with Gasteiger partial charge < -0.3 is 14.6 Å². The second-order valence-electron chi connectivity index (χ2n) is 3.47. The summed E-state index contributed by atoms with van der Waals surface area (Å²) < 4.78 is 6.67. The highest BCUT2D eigenvalue weighted by Gasteiger charge is 2.11. The molecule has 2 aromatic rings. The lowest BCUT2D eigenvalue weighted by Crippen LogP contribution is -2.07. The smallest absolute Gasteiger partial charge is 0.357 e. The molecule has 96 valence electrons. The first kappa shape index (κ1) is 12.5. The van der Waals surface area contributed by atoms with Crippen LogP contribution in [-0.4, -0.2) is 32.3 Å². The molecule has 0 aromatic carbocycles. The third-order valence-corrected chi connectivity index (χ3v) is 2.99. The van der Waals surface area contributed by atoms with Crippen LogP contribution in [0.5, 0.6) is 0 Å². The van der Waals surface area contributed by atoms with Crippen LogP contribution in [0.1, 0.15) is 23.2 Å². The molecule has 8 heteroatoms. The molecule has 1 N–H and O–H groups in total. The van der Waals surface area contributed by atoms with Crippen LogP contribution < -0.4 is 5.32 Å². The van der Waals surface area contributed by atoms with E-state index >= 15 is 0 Å². The lowest BCUT2D eigenvalue weighted by atomic mass is 10.5. The molecule has 0 unspecified atom stereocenters. The predicted octanol–water partition coefficient (Wildman–Crippen LogP) is 1.06. The molecular formula is C10H13N5O2S. The van der Waals surface area contributed by atoms with Crippen molar-refractivity contribution < 1.29 is 9.53 Å². The van der Waals surface area contributed by atoms with Crippen molar-refractivity contribution in [2.24, 2.45) is 7.05 Å². The molecule has 0 aliphatic rings. The summed E-state index contributed by atoms with van der Waals surface area (Å²) in [4.78, 5) is 15.5. The number of carbonyl (C=O) groups excluding carboxylic acids is 1. The summed E-state index contributed by atoms with van der Waals surface area (Å²) >= 11 is 1.35. The molecule has 2 heterocycles. The normalized spacial score (nSPS) is 10.3. The summed E-state index contributed by atoms with van der Waals surface area (Å²) in [5.74, 6) is 0.392. The maximum atomic E-state index is 11.4. The average Bonchev–Trinajstić information content (AvgIpc) is 2.96. The predicted molar refractivity (Wildman–Crippen MR) is 66.4 cm³/mol. The maximum Gasteiger partial charge on any atom is 0.357 e. The Bertz CT molecular complexity index is 536. The number of thiazole rings is 1. The van der Waals surface area contributed by atoms with Gasteiger partial charge in [-0.1, -0.05) is 0 Å². The Labute approximate surface area is 108 Å². The summed E-state index contributed by atoms with van der Waals surface area (Å²) in [7, 11) is 1.86.